The predicted molar refractivity (Wildman–Crippen MR) is 315 cm³/mol. The molecule has 2 aromatic heterocycles. The van der Waals surface area contributed by atoms with E-state index in [4.69, 9.17) is 0 Å². The van der Waals surface area contributed by atoms with Crippen LogP contribution in [0.25, 0.3) is 111 Å². The normalized spacial score (nSPS) is 11.8. The molecule has 0 fully saturated rings. The van der Waals surface area contributed by atoms with Gasteiger partial charge in [-0.05, 0) is 206 Å². The Morgan fingerprint density at radius 2 is 0.654 bits per heavy atom. The molecule has 2 heterocycles. The largest absolute Gasteiger partial charge is 0.417 e. The molecule has 0 atom stereocenters. The molecular formula is C71H53F3N4. The van der Waals surface area contributed by atoms with Crippen molar-refractivity contribution in [3.05, 3.63) is 237 Å². The fraction of sp³-hybridized carbons (Fsp3) is 0.127. The summed E-state index contributed by atoms with van der Waals surface area (Å²) in [5.41, 5.74) is 20.9. The third kappa shape index (κ3) is 8.31. The Hall–Kier alpha value is -9.43. The van der Waals surface area contributed by atoms with E-state index >= 15 is 13.2 Å². The molecule has 78 heavy (non-hydrogen) atoms. The lowest BCUT2D eigenvalue weighted by atomic mass is 9.94. The third-order valence-corrected chi connectivity index (χ3v) is 15.8. The Morgan fingerprint density at radius 3 is 0.936 bits per heavy atom. The minimum atomic E-state index is -4.82. The summed E-state index contributed by atoms with van der Waals surface area (Å²) in [6, 6.07) is 62.9. The average molecular weight is 1020 g/mol. The average Bonchev–Trinajstić information content (AvgIpc) is 3.96. The van der Waals surface area contributed by atoms with Crippen LogP contribution in [0.1, 0.15) is 61.2 Å². The number of aromatic nitrogens is 2. The summed E-state index contributed by atoms with van der Waals surface area (Å²) in [5.74, 6) is 0. The molecule has 0 aliphatic heterocycles. The van der Waals surface area contributed by atoms with Crippen LogP contribution in [0.4, 0.5) is 13.2 Å². The molecule has 12 aromatic rings. The first-order chi connectivity index (χ1) is 37.5. The first-order valence-corrected chi connectivity index (χ1v) is 26.2. The van der Waals surface area contributed by atoms with E-state index < -0.39 is 11.7 Å². The molecule has 12 rings (SSSR count). The van der Waals surface area contributed by atoms with Gasteiger partial charge >= 0.3 is 6.18 Å². The van der Waals surface area contributed by atoms with E-state index in [9.17, 15) is 10.5 Å². The molecule has 0 unspecified atom stereocenters. The van der Waals surface area contributed by atoms with Gasteiger partial charge in [-0.1, -0.05) is 125 Å². The summed E-state index contributed by atoms with van der Waals surface area (Å²) in [4.78, 5) is 0. The van der Waals surface area contributed by atoms with Crippen LogP contribution < -0.4 is 0 Å². The highest BCUT2D eigenvalue weighted by Crippen LogP contribution is 2.46. The summed E-state index contributed by atoms with van der Waals surface area (Å²) in [6.45, 7) is 16.8. The zero-order valence-corrected chi connectivity index (χ0v) is 44.7. The molecule has 0 bridgehead atoms. The van der Waals surface area contributed by atoms with Crippen molar-refractivity contribution in [2.24, 2.45) is 0 Å². The number of nitrogens with zero attached hydrogens (tertiary/aromatic N) is 4. The second-order valence-corrected chi connectivity index (χ2v) is 21.2. The summed E-state index contributed by atoms with van der Waals surface area (Å²) < 4.78 is 50.7. The molecule has 0 N–H and O–H groups in total. The standard InChI is InChI=1S/C71H53F3N4/c1-40-9-18-54(44(5)27-40)49-14-23-65-59(32-49)60-33-50(55-19-10-41(2)28-45(55)6)15-24-66(60)77(65)69-36-53(58-22-13-48(38-75)31-64(58)71(72,73)74)37-70(63(69)39-76)78-67-25-16-51(56-20-11-42(3)29-46(56)7)34-61(67)62-35-52(17-26-68(62)78)57-21-12-43(4)30-47(57)8/h9-37H,1-8H3. The molecule has 0 saturated heterocycles. The van der Waals surface area contributed by atoms with E-state index in [-0.39, 0.29) is 22.3 Å². The van der Waals surface area contributed by atoms with Crippen LogP contribution in [0.3, 0.4) is 0 Å². The Kier molecular flexibility index (Phi) is 11.8. The molecule has 0 aliphatic carbocycles. The maximum absolute atomic E-state index is 15.5. The second kappa shape index (κ2) is 18.7. The van der Waals surface area contributed by atoms with Gasteiger partial charge in [0.1, 0.15) is 11.6 Å². The summed E-state index contributed by atoms with van der Waals surface area (Å²) in [7, 11) is 0. The Labute approximate surface area is 452 Å². The number of hydrogen-bond acceptors (Lipinski definition) is 2. The van der Waals surface area contributed by atoms with E-state index in [2.05, 4.69) is 216 Å². The Balaban J connectivity index is 1.21. The number of benzene rings is 10. The maximum Gasteiger partial charge on any atom is 0.417 e. The van der Waals surface area contributed by atoms with Gasteiger partial charge in [-0.25, -0.2) is 0 Å². The number of halogens is 3. The highest BCUT2D eigenvalue weighted by Gasteiger charge is 2.35. The highest BCUT2D eigenvalue weighted by atomic mass is 19.4. The van der Waals surface area contributed by atoms with Crippen molar-refractivity contribution in [2.45, 2.75) is 61.6 Å². The summed E-state index contributed by atoms with van der Waals surface area (Å²) in [5, 5.41) is 25.5. The molecule has 4 nitrogen and oxygen atoms in total. The SMILES string of the molecule is Cc1ccc(-c2ccc3c(c2)c2cc(-c4ccc(C)cc4C)ccc2n3-c2cc(-c3ccc(C#N)cc3C(F)(F)F)cc(-n3c4ccc(-c5ccc(C)cc5C)cc4c4cc(-c5ccc(C)cc5C)ccc43)c2C#N)c(C)c1. The summed E-state index contributed by atoms with van der Waals surface area (Å²) >= 11 is 0. The van der Waals surface area contributed by atoms with Crippen molar-refractivity contribution in [3.63, 3.8) is 0 Å². The lowest BCUT2D eigenvalue weighted by Crippen LogP contribution is -2.09. The van der Waals surface area contributed by atoms with Crippen molar-refractivity contribution in [2.75, 3.05) is 0 Å². The molecule has 0 radical (unpaired) electrons. The van der Waals surface area contributed by atoms with Crippen LogP contribution in [0.2, 0.25) is 0 Å². The van der Waals surface area contributed by atoms with Gasteiger partial charge in [0.15, 0.2) is 0 Å². The zero-order chi connectivity index (χ0) is 54.5. The Bertz CT molecular complexity index is 4140. The number of rotatable bonds is 7. The minimum absolute atomic E-state index is 0.108. The van der Waals surface area contributed by atoms with Crippen molar-refractivity contribution >= 4 is 43.6 Å². The molecule has 0 spiro atoms. The lowest BCUT2D eigenvalue weighted by molar-refractivity contribution is -0.137. The van der Waals surface area contributed by atoms with E-state index in [1.165, 1.54) is 12.1 Å². The predicted octanol–water partition coefficient (Wildman–Crippen LogP) is 19.4. The molecule has 10 aromatic carbocycles. The molecule has 0 amide bonds. The monoisotopic (exact) mass is 1020 g/mol. The first-order valence-electron chi connectivity index (χ1n) is 26.2. The zero-order valence-electron chi connectivity index (χ0n) is 44.7. The minimum Gasteiger partial charge on any atom is -0.308 e. The van der Waals surface area contributed by atoms with Gasteiger partial charge in [0, 0.05) is 21.5 Å². The molecule has 378 valence electrons. The number of hydrogen-bond donors (Lipinski definition) is 0. The number of alkyl halides is 3. The van der Waals surface area contributed by atoms with Gasteiger partial charge in [-0.2, -0.15) is 23.7 Å². The van der Waals surface area contributed by atoms with Gasteiger partial charge in [0.25, 0.3) is 0 Å². The van der Waals surface area contributed by atoms with Crippen LogP contribution in [0.15, 0.2) is 176 Å². The summed E-state index contributed by atoms with van der Waals surface area (Å²) in [6.07, 6.45) is -4.82. The van der Waals surface area contributed by atoms with Crippen LogP contribution in [0, 0.1) is 78.1 Å². The van der Waals surface area contributed by atoms with E-state index in [1.807, 2.05) is 6.07 Å². The van der Waals surface area contributed by atoms with E-state index in [1.54, 1.807) is 12.1 Å². The lowest BCUT2D eigenvalue weighted by Gasteiger charge is -2.20. The van der Waals surface area contributed by atoms with Gasteiger partial charge in [0.2, 0.25) is 0 Å². The van der Waals surface area contributed by atoms with Crippen molar-refractivity contribution in [1.29, 1.82) is 10.5 Å². The van der Waals surface area contributed by atoms with Crippen LogP contribution in [-0.2, 0) is 6.18 Å². The van der Waals surface area contributed by atoms with Gasteiger partial charge in [0.05, 0.1) is 50.6 Å². The van der Waals surface area contributed by atoms with E-state index in [0.717, 1.165) is 139 Å². The van der Waals surface area contributed by atoms with Crippen molar-refractivity contribution in [1.82, 2.24) is 9.13 Å². The van der Waals surface area contributed by atoms with Crippen LogP contribution in [-0.4, -0.2) is 9.13 Å². The quantitative estimate of drug-likeness (QED) is 0.160. The van der Waals surface area contributed by atoms with Crippen LogP contribution >= 0.6 is 0 Å². The van der Waals surface area contributed by atoms with Crippen molar-refractivity contribution in [3.8, 4) is 79.1 Å². The molecule has 0 aliphatic rings. The molecular weight excluding hydrogens is 966 g/mol. The van der Waals surface area contributed by atoms with E-state index in [0.29, 0.717) is 11.4 Å². The van der Waals surface area contributed by atoms with Crippen LogP contribution in [0.5, 0.6) is 0 Å². The highest BCUT2D eigenvalue weighted by molar-refractivity contribution is 6.14. The Morgan fingerprint density at radius 1 is 0.333 bits per heavy atom. The van der Waals surface area contributed by atoms with Crippen molar-refractivity contribution < 1.29 is 13.2 Å². The van der Waals surface area contributed by atoms with Gasteiger partial charge < -0.3 is 9.13 Å². The number of fused-ring (bicyclic) bond motifs is 6. The topological polar surface area (TPSA) is 57.4 Å². The fourth-order valence-corrected chi connectivity index (χ4v) is 12.1. The van der Waals surface area contributed by atoms with Gasteiger partial charge in [-0.3, -0.25) is 0 Å². The number of aryl methyl sites for hydroxylation is 8. The molecule has 0 saturated carbocycles. The smallest absolute Gasteiger partial charge is 0.308 e. The first kappa shape index (κ1) is 49.4. The van der Waals surface area contributed by atoms with Gasteiger partial charge in [-0.15, -0.1) is 0 Å². The third-order valence-electron chi connectivity index (χ3n) is 15.8. The maximum atomic E-state index is 15.5. The number of nitriles is 2. The fourth-order valence-electron chi connectivity index (χ4n) is 12.1. The second-order valence-electron chi connectivity index (χ2n) is 21.2. The molecule has 7 heteroatoms.